The van der Waals surface area contributed by atoms with E-state index in [0.29, 0.717) is 0 Å². The Morgan fingerprint density at radius 1 is 1.67 bits per heavy atom. The van der Waals surface area contributed by atoms with Gasteiger partial charge >= 0.3 is 6.23 Å². The summed E-state index contributed by atoms with van der Waals surface area (Å²) in [4.78, 5) is 8.80. The largest absolute Gasteiger partial charge is 0.380 e. The van der Waals surface area contributed by atoms with Crippen molar-refractivity contribution in [2.24, 2.45) is 0 Å². The Balaban J connectivity index is 4.04. The maximum absolute atomic E-state index is 9.74. The van der Waals surface area contributed by atoms with Crippen molar-refractivity contribution in [3.63, 3.8) is 0 Å². The fourth-order valence-corrected chi connectivity index (χ4v) is 0.258. The molecule has 0 aliphatic heterocycles. The summed E-state index contributed by atoms with van der Waals surface area (Å²) < 4.78 is 0. The van der Waals surface area contributed by atoms with Crippen molar-refractivity contribution in [2.45, 2.75) is 25.7 Å². The highest BCUT2D eigenvalue weighted by atomic mass is 16.7. The predicted octanol–water partition coefficient (Wildman–Crippen LogP) is -0.648. The van der Waals surface area contributed by atoms with Gasteiger partial charge in [0, 0.05) is 0 Å². The van der Waals surface area contributed by atoms with E-state index >= 15 is 0 Å². The average molecular weight is 135 g/mol. The molecule has 0 rings (SSSR count). The number of hydrogen-bond acceptors (Lipinski definition) is 4. The molecule has 0 saturated carbocycles. The third-order valence-electron chi connectivity index (χ3n) is 0.832. The molecule has 0 aromatic carbocycles. The van der Waals surface area contributed by atoms with Crippen molar-refractivity contribution >= 4 is 0 Å². The molecule has 0 radical (unpaired) electrons. The van der Waals surface area contributed by atoms with E-state index in [1.165, 1.54) is 13.8 Å². The second-order valence-corrected chi connectivity index (χ2v) is 2.31. The summed E-state index contributed by atoms with van der Waals surface area (Å²) >= 11 is 0. The Kier molecular flexibility index (Phi) is 2.11. The molecule has 0 fully saturated rings. The van der Waals surface area contributed by atoms with E-state index in [0.717, 1.165) is 0 Å². The van der Waals surface area contributed by atoms with E-state index in [9.17, 15) is 10.1 Å². The molecule has 0 spiro atoms. The minimum Gasteiger partial charge on any atom is -0.380 e. The Hall–Kier alpha value is -0.680. The van der Waals surface area contributed by atoms with Crippen LogP contribution in [0.15, 0.2) is 0 Å². The number of nitrogens with zero attached hydrogens (tertiary/aromatic N) is 1. The summed E-state index contributed by atoms with van der Waals surface area (Å²) in [5, 5.41) is 27.0. The first-order valence-corrected chi connectivity index (χ1v) is 2.39. The van der Waals surface area contributed by atoms with Crippen LogP contribution < -0.4 is 0 Å². The Morgan fingerprint density at radius 2 is 2.00 bits per heavy atom. The number of aliphatic hydroxyl groups is 2. The second-order valence-electron chi connectivity index (χ2n) is 2.31. The van der Waals surface area contributed by atoms with Crippen LogP contribution in [0.2, 0.25) is 0 Å². The lowest BCUT2D eigenvalue weighted by Crippen LogP contribution is -2.41. The minimum atomic E-state index is -1.91. The maximum Gasteiger partial charge on any atom is 0.341 e. The van der Waals surface area contributed by atoms with Crippen molar-refractivity contribution in [1.82, 2.24) is 0 Å². The van der Waals surface area contributed by atoms with Gasteiger partial charge in [-0.3, -0.25) is 10.1 Å². The average Bonchev–Trinajstić information content (AvgIpc) is 1.62. The van der Waals surface area contributed by atoms with Crippen LogP contribution in [0, 0.1) is 10.1 Å². The Morgan fingerprint density at radius 3 is 2.00 bits per heavy atom. The zero-order chi connectivity index (χ0) is 7.65. The summed E-state index contributed by atoms with van der Waals surface area (Å²) in [6, 6.07) is 0. The summed E-state index contributed by atoms with van der Waals surface area (Å²) in [6.45, 7) is 2.33. The quantitative estimate of drug-likeness (QED) is 0.299. The number of rotatable bonds is 2. The highest BCUT2D eigenvalue weighted by Crippen LogP contribution is 2.07. The lowest BCUT2D eigenvalue weighted by Gasteiger charge is -2.15. The molecule has 1 atom stereocenters. The van der Waals surface area contributed by atoms with Crippen LogP contribution >= 0.6 is 0 Å². The SMILES string of the molecule is CC(C)(O)C(O)[N+](=O)[O-]. The Labute approximate surface area is 52.1 Å². The van der Waals surface area contributed by atoms with Crippen molar-refractivity contribution in [3.05, 3.63) is 10.1 Å². The van der Waals surface area contributed by atoms with Gasteiger partial charge < -0.3 is 10.2 Å². The van der Waals surface area contributed by atoms with Crippen LogP contribution in [0.3, 0.4) is 0 Å². The first-order valence-electron chi connectivity index (χ1n) is 2.39. The normalized spacial score (nSPS) is 15.1. The van der Waals surface area contributed by atoms with Gasteiger partial charge in [0.2, 0.25) is 0 Å². The third-order valence-corrected chi connectivity index (χ3v) is 0.832. The molecule has 9 heavy (non-hydrogen) atoms. The van der Waals surface area contributed by atoms with Gasteiger partial charge in [0.1, 0.15) is 0 Å². The molecular weight excluding hydrogens is 126 g/mol. The fraction of sp³-hybridized carbons (Fsp3) is 1.00. The highest BCUT2D eigenvalue weighted by Gasteiger charge is 2.34. The van der Waals surface area contributed by atoms with Gasteiger partial charge in [-0.05, 0) is 13.8 Å². The monoisotopic (exact) mass is 135 g/mol. The van der Waals surface area contributed by atoms with Crippen molar-refractivity contribution in [3.8, 4) is 0 Å². The molecule has 54 valence electrons. The lowest BCUT2D eigenvalue weighted by atomic mass is 10.1. The predicted molar refractivity (Wildman–Crippen MR) is 29.3 cm³/mol. The molecular formula is C4H9NO4. The van der Waals surface area contributed by atoms with Crippen LogP contribution in [0.5, 0.6) is 0 Å². The van der Waals surface area contributed by atoms with Crippen molar-refractivity contribution < 1.29 is 15.1 Å². The van der Waals surface area contributed by atoms with Crippen LogP contribution in [0.25, 0.3) is 0 Å². The van der Waals surface area contributed by atoms with Crippen LogP contribution in [0.1, 0.15) is 13.8 Å². The smallest absolute Gasteiger partial charge is 0.341 e. The molecule has 0 bridgehead atoms. The van der Waals surface area contributed by atoms with E-state index in [1.807, 2.05) is 0 Å². The molecule has 0 heterocycles. The van der Waals surface area contributed by atoms with Crippen LogP contribution in [-0.4, -0.2) is 27.0 Å². The topological polar surface area (TPSA) is 83.6 Å². The van der Waals surface area contributed by atoms with E-state index in [4.69, 9.17) is 10.2 Å². The molecule has 0 aromatic heterocycles. The molecule has 2 N–H and O–H groups in total. The zero-order valence-corrected chi connectivity index (χ0v) is 5.24. The van der Waals surface area contributed by atoms with E-state index in [2.05, 4.69) is 0 Å². The molecule has 0 amide bonds. The number of hydrogen-bond donors (Lipinski definition) is 2. The molecule has 0 aromatic rings. The lowest BCUT2D eigenvalue weighted by molar-refractivity contribution is -0.592. The van der Waals surface area contributed by atoms with Crippen LogP contribution in [0.4, 0.5) is 0 Å². The second kappa shape index (κ2) is 2.28. The van der Waals surface area contributed by atoms with Gasteiger partial charge in [-0.2, -0.15) is 0 Å². The summed E-state index contributed by atoms with van der Waals surface area (Å²) in [5.74, 6) is 0. The first-order chi connectivity index (χ1) is 3.85. The molecule has 0 aliphatic carbocycles. The molecule has 0 aliphatic rings. The molecule has 5 heteroatoms. The third kappa shape index (κ3) is 2.39. The van der Waals surface area contributed by atoms with Gasteiger partial charge in [-0.1, -0.05) is 0 Å². The Bertz CT molecular complexity index is 116. The molecule has 0 saturated heterocycles. The summed E-state index contributed by atoms with van der Waals surface area (Å²) in [7, 11) is 0. The minimum absolute atomic E-state index is 0.944. The fourth-order valence-electron chi connectivity index (χ4n) is 0.258. The van der Waals surface area contributed by atoms with Gasteiger partial charge in [0.25, 0.3) is 0 Å². The van der Waals surface area contributed by atoms with Gasteiger partial charge in [-0.15, -0.1) is 0 Å². The van der Waals surface area contributed by atoms with Gasteiger partial charge in [0.05, 0.1) is 4.92 Å². The van der Waals surface area contributed by atoms with Gasteiger partial charge in [0.15, 0.2) is 5.60 Å². The first kappa shape index (κ1) is 8.32. The van der Waals surface area contributed by atoms with Crippen LogP contribution in [-0.2, 0) is 0 Å². The van der Waals surface area contributed by atoms with E-state index in [1.54, 1.807) is 0 Å². The highest BCUT2D eigenvalue weighted by molar-refractivity contribution is 4.66. The van der Waals surface area contributed by atoms with E-state index < -0.39 is 16.8 Å². The number of aliphatic hydroxyl groups excluding tert-OH is 1. The molecule has 1 unspecified atom stereocenters. The van der Waals surface area contributed by atoms with E-state index in [-0.39, 0.29) is 0 Å². The van der Waals surface area contributed by atoms with Gasteiger partial charge in [-0.25, -0.2) is 0 Å². The van der Waals surface area contributed by atoms with Crippen molar-refractivity contribution in [2.75, 3.05) is 0 Å². The zero-order valence-electron chi connectivity index (χ0n) is 5.24. The maximum atomic E-state index is 9.74. The summed E-state index contributed by atoms with van der Waals surface area (Å²) in [6.07, 6.45) is -1.91. The standard InChI is InChI=1S/C4H9NO4/c1-4(2,7)3(6)5(8)9/h3,6-7H,1-2H3. The van der Waals surface area contributed by atoms with Crippen molar-refractivity contribution in [1.29, 1.82) is 0 Å². The molecule has 5 nitrogen and oxygen atoms in total. The number of nitro groups is 1. The summed E-state index contributed by atoms with van der Waals surface area (Å²) in [5.41, 5.74) is -1.66.